The van der Waals surface area contributed by atoms with Crippen molar-refractivity contribution in [3.05, 3.63) is 0 Å². The van der Waals surface area contributed by atoms with Gasteiger partial charge in [-0.3, -0.25) is 0 Å². The van der Waals surface area contributed by atoms with Crippen molar-refractivity contribution >= 4 is 67.3 Å². The zero-order valence-electron chi connectivity index (χ0n) is 43.7. The van der Waals surface area contributed by atoms with E-state index in [-0.39, 0.29) is 136 Å². The van der Waals surface area contributed by atoms with E-state index in [2.05, 4.69) is 53.3 Å². The van der Waals surface area contributed by atoms with Crippen molar-refractivity contribution in [3.63, 3.8) is 0 Å². The second kappa shape index (κ2) is 1840. The van der Waals surface area contributed by atoms with Crippen molar-refractivity contribution in [2.24, 2.45) is 0 Å². The zero-order chi connectivity index (χ0) is 40.4. The van der Waals surface area contributed by atoms with Crippen LogP contribution in [-0.4, -0.2) is 67.3 Å². The maximum atomic E-state index is 4.84. The van der Waals surface area contributed by atoms with Gasteiger partial charge in [-0.1, -0.05) is 242 Å². The molecular formula is C45H108B8WY. The van der Waals surface area contributed by atoms with E-state index >= 15 is 0 Å². The zero-order valence-corrected chi connectivity index (χ0v) is 49.5. The van der Waals surface area contributed by atoms with Crippen LogP contribution in [0, 0.1) is 59.7 Å². The predicted octanol–water partition coefficient (Wildman–Crippen LogP) is 15.3. The molecule has 0 rings (SSSR count). The molecule has 0 spiro atoms. The molecule has 0 aliphatic rings. The second-order valence-electron chi connectivity index (χ2n) is 1.27. The van der Waals surface area contributed by atoms with E-state index in [4.69, 9.17) is 6.42 Å². The maximum absolute atomic E-state index is 4.84. The normalized spacial score (nSPS) is 2.47. The van der Waals surface area contributed by atoms with Crippen LogP contribution in [0.4, 0.5) is 0 Å². The van der Waals surface area contributed by atoms with E-state index in [1.54, 1.807) is 6.92 Å². The van der Waals surface area contributed by atoms with E-state index in [0.717, 1.165) is 0 Å². The Labute approximate surface area is 420 Å². The third-order valence-electron chi connectivity index (χ3n) is 0.572. The molecule has 10 heteroatoms. The topological polar surface area (TPSA) is 0 Å². The van der Waals surface area contributed by atoms with Gasteiger partial charge in [0.15, 0.2) is 0 Å². The van der Waals surface area contributed by atoms with E-state index in [1.807, 2.05) is 222 Å². The number of hydrogen-bond acceptors (Lipinski definition) is 0. The van der Waals surface area contributed by atoms with Crippen LogP contribution in [0.15, 0.2) is 0 Å². The van der Waals surface area contributed by atoms with Gasteiger partial charge in [0.1, 0.15) is 0 Å². The molecule has 0 aromatic heterocycles. The van der Waals surface area contributed by atoms with Gasteiger partial charge in [-0.15, -0.1) is 6.42 Å². The minimum atomic E-state index is 0. The summed E-state index contributed by atoms with van der Waals surface area (Å²) in [5.41, 5.74) is 0. The molecule has 0 nitrogen and oxygen atoms in total. The Kier molecular flexibility index (Phi) is 7910. The van der Waals surface area contributed by atoms with Crippen LogP contribution >= 0.6 is 0 Å². The quantitative estimate of drug-likeness (QED) is 0.168. The molecule has 25 radical (unpaired) electrons. The van der Waals surface area contributed by atoms with Crippen molar-refractivity contribution < 1.29 is 53.8 Å². The standard InChI is InChI=1S/C11H4.16C2H6.2CH4.8B.W.Y/c1-3-5-7-9-11-10-8-6-4-2;16*1-2;;;;;;;;;;;;/h1H,2H3;16*1-2H3;2*1H4;;;;;;;;;;. The summed E-state index contributed by atoms with van der Waals surface area (Å²) in [6, 6.07) is 0. The molecular weight excluding hydrogens is 900 g/mol. The van der Waals surface area contributed by atoms with Crippen molar-refractivity contribution in [1.29, 1.82) is 0 Å². The molecule has 0 N–H and O–H groups in total. The number of hydrogen-bond donors (Lipinski definition) is 0. The fourth-order valence-corrected chi connectivity index (χ4v) is 0.255. The molecule has 0 atom stereocenters. The third kappa shape index (κ3) is 2230. The van der Waals surface area contributed by atoms with Gasteiger partial charge in [-0.25, -0.2) is 0 Å². The van der Waals surface area contributed by atoms with Crippen LogP contribution in [0.2, 0.25) is 0 Å². The number of terminal acetylenes is 1. The van der Waals surface area contributed by atoms with Crippen LogP contribution in [-0.2, 0) is 53.8 Å². The van der Waals surface area contributed by atoms with Crippen molar-refractivity contribution in [2.45, 2.75) is 243 Å². The van der Waals surface area contributed by atoms with E-state index < -0.39 is 0 Å². The van der Waals surface area contributed by atoms with Crippen LogP contribution in [0.3, 0.4) is 0 Å². The molecule has 0 fully saturated rings. The summed E-state index contributed by atoms with van der Waals surface area (Å²) >= 11 is 0. The number of rotatable bonds is 0. The summed E-state index contributed by atoms with van der Waals surface area (Å²) in [7, 11) is 0. The van der Waals surface area contributed by atoms with Gasteiger partial charge in [-0.05, 0) is 54.3 Å². The van der Waals surface area contributed by atoms with Crippen molar-refractivity contribution in [1.82, 2.24) is 0 Å². The van der Waals surface area contributed by atoms with Crippen LogP contribution in [0.25, 0.3) is 0 Å². The first-order valence-corrected chi connectivity index (χ1v) is 18.8. The summed E-state index contributed by atoms with van der Waals surface area (Å²) in [6.07, 6.45) is 4.84. The minimum Gasteiger partial charge on any atom is -0.106 e. The molecule has 321 valence electrons. The summed E-state index contributed by atoms with van der Waals surface area (Å²) in [5.74, 6) is 22.0. The van der Waals surface area contributed by atoms with Crippen LogP contribution in [0.5, 0.6) is 0 Å². The molecule has 0 saturated carbocycles. The summed E-state index contributed by atoms with van der Waals surface area (Å²) < 4.78 is 0. The van der Waals surface area contributed by atoms with E-state index in [0.29, 0.717) is 0 Å². The average molecular weight is 1010 g/mol. The van der Waals surface area contributed by atoms with Crippen LogP contribution in [0.1, 0.15) is 243 Å². The molecule has 0 bridgehead atoms. The summed E-state index contributed by atoms with van der Waals surface area (Å²) in [6.45, 7) is 65.7. The Hall–Kier alpha value is 0.112. The summed E-state index contributed by atoms with van der Waals surface area (Å²) in [4.78, 5) is 0. The maximum Gasteiger partial charge on any atom is 0 e. The van der Waals surface area contributed by atoms with E-state index in [9.17, 15) is 0 Å². The Bertz CT molecular complexity index is 433. The van der Waals surface area contributed by atoms with E-state index in [1.165, 1.54) is 0 Å². The fraction of sp³-hybridized carbons (Fsp3) is 0.778. The molecule has 0 aromatic rings. The van der Waals surface area contributed by atoms with Crippen LogP contribution < -0.4 is 0 Å². The fourth-order valence-electron chi connectivity index (χ4n) is 0.255. The second-order valence-corrected chi connectivity index (χ2v) is 1.27. The van der Waals surface area contributed by atoms with Gasteiger partial charge in [0.25, 0.3) is 0 Å². The van der Waals surface area contributed by atoms with Gasteiger partial charge in [-0.2, -0.15) is 0 Å². The SMILES string of the molecule is C.C.C#CC#CC#CC#CC#CC.CC.CC.CC.CC.CC.CC.CC.CC.CC.CC.CC.CC.CC.CC.CC.CC.[B].[B].[B].[B].[B].[B].[B].[B].[W].[Y]. The van der Waals surface area contributed by atoms with Gasteiger partial charge in [0.05, 0.1) is 0 Å². The van der Waals surface area contributed by atoms with Crippen molar-refractivity contribution in [2.75, 3.05) is 0 Å². The monoisotopic (exact) mass is 1010 g/mol. The predicted molar refractivity (Wildman–Crippen MR) is 287 cm³/mol. The smallest absolute Gasteiger partial charge is 0 e. The van der Waals surface area contributed by atoms with Crippen molar-refractivity contribution in [3.8, 4) is 59.7 Å². The largest absolute Gasteiger partial charge is 0.106 e. The Morgan fingerprint density at radius 2 is 0.327 bits per heavy atom. The van der Waals surface area contributed by atoms with Gasteiger partial charge in [0.2, 0.25) is 0 Å². The Morgan fingerprint density at radius 3 is 0.418 bits per heavy atom. The molecule has 55 heavy (non-hydrogen) atoms. The summed E-state index contributed by atoms with van der Waals surface area (Å²) in [5, 5.41) is 0. The Balaban J connectivity index is -0.00000000510. The van der Waals surface area contributed by atoms with Gasteiger partial charge < -0.3 is 0 Å². The molecule has 0 unspecified atom stereocenters. The molecule has 0 heterocycles. The average Bonchev–Trinajstić information content (AvgIpc) is 3.21. The minimum absolute atomic E-state index is 0. The first kappa shape index (κ1) is 237. The third-order valence-corrected chi connectivity index (χ3v) is 0.572. The molecule has 0 aromatic carbocycles. The molecule has 0 saturated heterocycles. The van der Waals surface area contributed by atoms with Gasteiger partial charge in [0, 0.05) is 121 Å². The van der Waals surface area contributed by atoms with Gasteiger partial charge >= 0.3 is 0 Å². The molecule has 0 aliphatic carbocycles. The molecule has 0 aliphatic heterocycles. The molecule has 0 amide bonds. The Morgan fingerprint density at radius 1 is 0.236 bits per heavy atom. The first-order valence-electron chi connectivity index (χ1n) is 18.8. The first-order chi connectivity index (χ1) is 21.4.